The first-order valence-corrected chi connectivity index (χ1v) is 13.3. The lowest BCUT2D eigenvalue weighted by molar-refractivity contribution is -0.134. The molecule has 0 unspecified atom stereocenters. The molecule has 188 valence electrons. The summed E-state index contributed by atoms with van der Waals surface area (Å²) in [5, 5.41) is 8.08. The number of nitrogens with zero attached hydrogens (tertiary/aromatic N) is 3. The second-order valence-corrected chi connectivity index (χ2v) is 10.4. The summed E-state index contributed by atoms with van der Waals surface area (Å²) < 4.78 is 1.74. The van der Waals surface area contributed by atoms with Crippen molar-refractivity contribution in [2.75, 3.05) is 6.54 Å². The summed E-state index contributed by atoms with van der Waals surface area (Å²) in [6.07, 6.45) is 7.19. The van der Waals surface area contributed by atoms with Crippen molar-refractivity contribution in [3.8, 4) is 11.3 Å². The van der Waals surface area contributed by atoms with Crippen LogP contribution in [0.3, 0.4) is 0 Å². The number of benzene rings is 2. The number of aromatic nitrogens is 2. The second kappa shape index (κ2) is 10.3. The Hall–Kier alpha value is -3.41. The average molecular weight is 485 g/mol. The Bertz CT molecular complexity index is 1210. The van der Waals surface area contributed by atoms with Gasteiger partial charge in [0.05, 0.1) is 12.2 Å². The number of nitrogens with one attached hydrogen (secondary N) is 1. The van der Waals surface area contributed by atoms with Crippen molar-refractivity contribution in [1.82, 2.24) is 20.0 Å². The molecule has 3 aromatic rings. The van der Waals surface area contributed by atoms with Gasteiger partial charge in [0, 0.05) is 18.2 Å². The molecule has 1 saturated carbocycles. The highest BCUT2D eigenvalue weighted by Gasteiger charge is 2.48. The third-order valence-corrected chi connectivity index (χ3v) is 7.85. The zero-order valence-electron chi connectivity index (χ0n) is 21.4. The first-order chi connectivity index (χ1) is 17.5. The molecule has 6 nitrogen and oxygen atoms in total. The van der Waals surface area contributed by atoms with Gasteiger partial charge in [-0.3, -0.25) is 14.3 Å². The van der Waals surface area contributed by atoms with Crippen LogP contribution in [0.25, 0.3) is 11.3 Å². The van der Waals surface area contributed by atoms with E-state index >= 15 is 0 Å². The summed E-state index contributed by atoms with van der Waals surface area (Å²) in [4.78, 5) is 29.4. The van der Waals surface area contributed by atoms with Crippen LogP contribution in [0.5, 0.6) is 0 Å². The summed E-state index contributed by atoms with van der Waals surface area (Å²) in [5.74, 6) is -0.215. The minimum atomic E-state index is -1.01. The standard InChI is InChI=1S/C30H36N4O2/c1-3-22-14-16-24(17-15-22)26-20-27-28(35)33(19-18-23-10-6-4-7-11-23)30(2,21-34(27)32-26)29(36)31-25-12-8-5-9-13-25/h4,6-7,10-11,14-17,20,25H,3,5,8-9,12-13,18-19,21H2,1-2H3,(H,31,36)/t30-/m1/s1. The summed E-state index contributed by atoms with van der Waals surface area (Å²) >= 11 is 0. The van der Waals surface area contributed by atoms with Crippen LogP contribution in [0.15, 0.2) is 60.7 Å². The molecule has 0 saturated heterocycles. The number of hydrogen-bond donors (Lipinski definition) is 1. The van der Waals surface area contributed by atoms with Crippen LogP contribution in [0.2, 0.25) is 0 Å². The normalized spacial score (nSPS) is 20.3. The van der Waals surface area contributed by atoms with Crippen LogP contribution >= 0.6 is 0 Å². The number of rotatable bonds is 7. The Labute approximate surface area is 213 Å². The SMILES string of the molecule is CCc1ccc(-c2cc3n(n2)C[C@](C)(C(=O)NC2CCCCC2)N(CCc2ccccc2)C3=O)cc1. The zero-order valence-corrected chi connectivity index (χ0v) is 21.4. The number of fused-ring (bicyclic) bond motifs is 1. The highest BCUT2D eigenvalue weighted by Crippen LogP contribution is 2.31. The Balaban J connectivity index is 1.45. The van der Waals surface area contributed by atoms with E-state index in [1.54, 1.807) is 9.58 Å². The van der Waals surface area contributed by atoms with Crippen LogP contribution in [-0.2, 0) is 24.2 Å². The van der Waals surface area contributed by atoms with Gasteiger partial charge in [-0.2, -0.15) is 5.10 Å². The molecule has 1 atom stereocenters. The maximum atomic E-state index is 13.9. The first-order valence-electron chi connectivity index (χ1n) is 13.3. The molecule has 1 fully saturated rings. The molecule has 2 amide bonds. The van der Waals surface area contributed by atoms with Gasteiger partial charge in [0.15, 0.2) is 0 Å². The van der Waals surface area contributed by atoms with Gasteiger partial charge in [0.1, 0.15) is 11.2 Å². The molecule has 1 N–H and O–H groups in total. The fourth-order valence-corrected chi connectivity index (χ4v) is 5.52. The molecule has 1 aliphatic heterocycles. The predicted molar refractivity (Wildman–Crippen MR) is 142 cm³/mol. The highest BCUT2D eigenvalue weighted by atomic mass is 16.2. The predicted octanol–water partition coefficient (Wildman–Crippen LogP) is 5.02. The van der Waals surface area contributed by atoms with E-state index in [2.05, 4.69) is 48.6 Å². The van der Waals surface area contributed by atoms with Gasteiger partial charge in [0.2, 0.25) is 5.91 Å². The van der Waals surface area contributed by atoms with Gasteiger partial charge < -0.3 is 10.2 Å². The maximum Gasteiger partial charge on any atom is 0.273 e. The number of aryl methyl sites for hydroxylation is 1. The van der Waals surface area contributed by atoms with Gasteiger partial charge in [-0.25, -0.2) is 0 Å². The topological polar surface area (TPSA) is 67.2 Å². The van der Waals surface area contributed by atoms with Crippen LogP contribution in [0, 0.1) is 0 Å². The zero-order chi connectivity index (χ0) is 25.1. The molecule has 0 spiro atoms. The summed E-state index contributed by atoms with van der Waals surface area (Å²) in [6, 6.07) is 20.5. The molecule has 2 aliphatic rings. The van der Waals surface area contributed by atoms with E-state index in [0.717, 1.165) is 48.9 Å². The van der Waals surface area contributed by atoms with Crippen molar-refractivity contribution in [2.45, 2.75) is 76.9 Å². The Morgan fingerprint density at radius 3 is 2.44 bits per heavy atom. The molecule has 2 aromatic carbocycles. The minimum absolute atomic E-state index is 0.0780. The lowest BCUT2D eigenvalue weighted by Crippen LogP contribution is -2.65. The third kappa shape index (κ3) is 4.81. The summed E-state index contributed by atoms with van der Waals surface area (Å²) in [5.41, 5.74) is 3.69. The number of amides is 2. The molecule has 0 bridgehead atoms. The number of carbonyl (C=O) groups excluding carboxylic acids is 2. The lowest BCUT2D eigenvalue weighted by Gasteiger charge is -2.44. The Kier molecular flexibility index (Phi) is 6.95. The minimum Gasteiger partial charge on any atom is -0.351 e. The highest BCUT2D eigenvalue weighted by molar-refractivity contribution is 6.00. The number of hydrogen-bond acceptors (Lipinski definition) is 3. The average Bonchev–Trinajstić information content (AvgIpc) is 3.33. The van der Waals surface area contributed by atoms with Crippen LogP contribution in [0.4, 0.5) is 0 Å². The fourth-order valence-electron chi connectivity index (χ4n) is 5.52. The van der Waals surface area contributed by atoms with Crippen molar-refractivity contribution in [1.29, 1.82) is 0 Å². The van der Waals surface area contributed by atoms with E-state index < -0.39 is 5.54 Å². The molecule has 5 rings (SSSR count). The van der Waals surface area contributed by atoms with E-state index in [-0.39, 0.29) is 17.9 Å². The number of carbonyl (C=O) groups is 2. The van der Waals surface area contributed by atoms with Crippen LogP contribution in [-0.4, -0.2) is 44.6 Å². The van der Waals surface area contributed by atoms with E-state index in [1.165, 1.54) is 12.0 Å². The molecular weight excluding hydrogens is 448 g/mol. The van der Waals surface area contributed by atoms with Crippen molar-refractivity contribution < 1.29 is 9.59 Å². The smallest absolute Gasteiger partial charge is 0.273 e. The van der Waals surface area contributed by atoms with Gasteiger partial charge >= 0.3 is 0 Å². The lowest BCUT2D eigenvalue weighted by atomic mass is 9.91. The molecule has 1 aliphatic carbocycles. The van der Waals surface area contributed by atoms with Gasteiger partial charge in [-0.15, -0.1) is 0 Å². The maximum absolute atomic E-state index is 13.9. The van der Waals surface area contributed by atoms with Crippen LogP contribution in [0.1, 0.15) is 67.6 Å². The molecule has 36 heavy (non-hydrogen) atoms. The first kappa shape index (κ1) is 24.3. The van der Waals surface area contributed by atoms with Crippen LogP contribution < -0.4 is 5.32 Å². The van der Waals surface area contributed by atoms with Crippen molar-refractivity contribution in [3.05, 3.63) is 77.5 Å². The third-order valence-electron chi connectivity index (χ3n) is 7.85. The molecule has 0 radical (unpaired) electrons. The largest absolute Gasteiger partial charge is 0.351 e. The molecular formula is C30H36N4O2. The van der Waals surface area contributed by atoms with E-state index in [9.17, 15) is 9.59 Å². The Morgan fingerprint density at radius 2 is 1.75 bits per heavy atom. The van der Waals surface area contributed by atoms with E-state index in [4.69, 9.17) is 5.10 Å². The second-order valence-electron chi connectivity index (χ2n) is 10.4. The fraction of sp³-hybridized carbons (Fsp3) is 0.433. The molecule has 1 aromatic heterocycles. The monoisotopic (exact) mass is 484 g/mol. The summed E-state index contributed by atoms with van der Waals surface area (Å²) in [7, 11) is 0. The Morgan fingerprint density at radius 1 is 1.03 bits per heavy atom. The van der Waals surface area contributed by atoms with Gasteiger partial charge in [-0.05, 0) is 49.8 Å². The van der Waals surface area contributed by atoms with Crippen molar-refractivity contribution >= 4 is 11.8 Å². The van der Waals surface area contributed by atoms with E-state index in [0.29, 0.717) is 25.2 Å². The van der Waals surface area contributed by atoms with Crippen molar-refractivity contribution in [2.24, 2.45) is 0 Å². The summed E-state index contributed by atoms with van der Waals surface area (Å²) in [6.45, 7) is 4.85. The van der Waals surface area contributed by atoms with Crippen molar-refractivity contribution in [3.63, 3.8) is 0 Å². The quantitative estimate of drug-likeness (QED) is 0.512. The molecule has 6 heteroatoms. The molecule has 2 heterocycles. The van der Waals surface area contributed by atoms with Gasteiger partial charge in [-0.1, -0.05) is 80.8 Å². The van der Waals surface area contributed by atoms with Gasteiger partial charge in [0.25, 0.3) is 5.91 Å². The van der Waals surface area contributed by atoms with E-state index in [1.807, 2.05) is 31.2 Å².